The highest BCUT2D eigenvalue weighted by Crippen LogP contribution is 2.39. The summed E-state index contributed by atoms with van der Waals surface area (Å²) in [7, 11) is 0. The molecule has 1 aromatic carbocycles. The number of amides is 1. The Morgan fingerprint density at radius 1 is 1.16 bits per heavy atom. The lowest BCUT2D eigenvalue weighted by atomic mass is 9.68. The quantitative estimate of drug-likeness (QED) is 0.834. The molecule has 1 aliphatic heterocycles. The maximum absolute atomic E-state index is 13.1. The zero-order chi connectivity index (χ0) is 17.5. The van der Waals surface area contributed by atoms with E-state index in [1.54, 1.807) is 0 Å². The van der Waals surface area contributed by atoms with Gasteiger partial charge in [-0.2, -0.15) is 0 Å². The van der Waals surface area contributed by atoms with Gasteiger partial charge in [-0.1, -0.05) is 49.6 Å². The molecule has 25 heavy (non-hydrogen) atoms. The van der Waals surface area contributed by atoms with Gasteiger partial charge in [0.2, 0.25) is 5.91 Å². The van der Waals surface area contributed by atoms with Gasteiger partial charge in [-0.15, -0.1) is 0 Å². The Bertz CT molecular complexity index is 540. The summed E-state index contributed by atoms with van der Waals surface area (Å²) in [4.78, 5) is 15.5. The van der Waals surface area contributed by atoms with Crippen molar-refractivity contribution in [2.24, 2.45) is 5.92 Å². The third-order valence-corrected chi connectivity index (χ3v) is 6.04. The van der Waals surface area contributed by atoms with Gasteiger partial charge < -0.3 is 15.3 Å². The molecule has 0 spiro atoms. The number of rotatable bonds is 6. The van der Waals surface area contributed by atoms with E-state index >= 15 is 0 Å². The highest BCUT2D eigenvalue weighted by Gasteiger charge is 2.40. The van der Waals surface area contributed by atoms with Crippen LogP contribution in [0.4, 0.5) is 0 Å². The Morgan fingerprint density at radius 3 is 2.64 bits per heavy atom. The molecule has 0 radical (unpaired) electrons. The minimum Gasteiger partial charge on any atom is -0.396 e. The largest absolute Gasteiger partial charge is 0.396 e. The molecular formula is C21H32N2O2. The van der Waals surface area contributed by atoms with E-state index in [2.05, 4.69) is 22.3 Å². The van der Waals surface area contributed by atoms with Crippen molar-refractivity contribution in [3.05, 3.63) is 35.9 Å². The number of aliphatic hydroxyl groups is 1. The van der Waals surface area contributed by atoms with Crippen LogP contribution in [0.1, 0.15) is 50.5 Å². The first-order valence-corrected chi connectivity index (χ1v) is 9.92. The second kappa shape index (κ2) is 8.81. The summed E-state index contributed by atoms with van der Waals surface area (Å²) < 4.78 is 0. The standard InChI is InChI=1S/C21H32N2O2/c24-17-18-8-7-14-23(16-18)15-13-22-20(25)21(11-5-2-6-12-21)19-9-3-1-4-10-19/h1,3-4,9-10,18,24H,2,5-8,11-17H2,(H,22,25)/t18-/m1/s1. The fourth-order valence-electron chi connectivity index (χ4n) is 4.56. The summed E-state index contributed by atoms with van der Waals surface area (Å²) in [6.45, 7) is 3.89. The number of nitrogens with zero attached hydrogens (tertiary/aromatic N) is 1. The monoisotopic (exact) mass is 344 g/mol. The third kappa shape index (κ3) is 4.42. The van der Waals surface area contributed by atoms with Crippen molar-refractivity contribution in [2.45, 2.75) is 50.4 Å². The van der Waals surface area contributed by atoms with Gasteiger partial charge in [0.25, 0.3) is 0 Å². The van der Waals surface area contributed by atoms with Gasteiger partial charge >= 0.3 is 0 Å². The third-order valence-electron chi connectivity index (χ3n) is 6.04. The number of hydrogen-bond donors (Lipinski definition) is 2. The van der Waals surface area contributed by atoms with Crippen LogP contribution in [-0.4, -0.2) is 48.7 Å². The molecule has 4 heteroatoms. The van der Waals surface area contributed by atoms with Crippen LogP contribution in [0.3, 0.4) is 0 Å². The predicted octanol–water partition coefficient (Wildman–Crippen LogP) is 2.71. The first kappa shape index (κ1) is 18.4. The van der Waals surface area contributed by atoms with Crippen molar-refractivity contribution in [1.29, 1.82) is 0 Å². The number of carbonyl (C=O) groups is 1. The Kier molecular flexibility index (Phi) is 6.49. The zero-order valence-electron chi connectivity index (χ0n) is 15.3. The minimum atomic E-state index is -0.338. The Balaban J connectivity index is 1.58. The molecular weight excluding hydrogens is 312 g/mol. The lowest BCUT2D eigenvalue weighted by Crippen LogP contribution is -2.48. The van der Waals surface area contributed by atoms with Gasteiger partial charge in [0.05, 0.1) is 5.41 Å². The van der Waals surface area contributed by atoms with Crippen LogP contribution in [0.25, 0.3) is 0 Å². The Labute approximate surface area is 151 Å². The SMILES string of the molecule is O=C(NCCN1CCC[C@@H](CO)C1)C1(c2ccccc2)CCCCC1. The van der Waals surface area contributed by atoms with Crippen LogP contribution in [-0.2, 0) is 10.2 Å². The molecule has 1 aliphatic carbocycles. The van der Waals surface area contributed by atoms with Crippen molar-refractivity contribution in [1.82, 2.24) is 10.2 Å². The van der Waals surface area contributed by atoms with Gasteiger partial charge in [0.15, 0.2) is 0 Å². The van der Waals surface area contributed by atoms with E-state index in [-0.39, 0.29) is 17.9 Å². The number of hydrogen-bond acceptors (Lipinski definition) is 3. The summed E-state index contributed by atoms with van der Waals surface area (Å²) in [5.41, 5.74) is 0.834. The maximum atomic E-state index is 13.1. The van der Waals surface area contributed by atoms with Gasteiger partial charge in [-0.05, 0) is 43.7 Å². The van der Waals surface area contributed by atoms with E-state index in [0.717, 1.165) is 58.2 Å². The number of aliphatic hydroxyl groups excluding tert-OH is 1. The Hall–Kier alpha value is -1.39. The predicted molar refractivity (Wildman–Crippen MR) is 100 cm³/mol. The molecule has 1 amide bonds. The normalized spacial score (nSPS) is 24.0. The molecule has 1 atom stereocenters. The van der Waals surface area contributed by atoms with E-state index in [0.29, 0.717) is 12.5 Å². The second-order valence-electron chi connectivity index (χ2n) is 7.76. The molecule has 2 aliphatic rings. The number of nitrogens with one attached hydrogen (secondary N) is 1. The highest BCUT2D eigenvalue weighted by atomic mass is 16.3. The van der Waals surface area contributed by atoms with E-state index in [1.165, 1.54) is 12.0 Å². The molecule has 4 nitrogen and oxygen atoms in total. The fourth-order valence-corrected chi connectivity index (χ4v) is 4.56. The highest BCUT2D eigenvalue weighted by molar-refractivity contribution is 5.88. The first-order valence-electron chi connectivity index (χ1n) is 9.92. The smallest absolute Gasteiger partial charge is 0.230 e. The van der Waals surface area contributed by atoms with E-state index in [1.807, 2.05) is 18.2 Å². The van der Waals surface area contributed by atoms with E-state index in [9.17, 15) is 9.90 Å². The molecule has 0 bridgehead atoms. The topological polar surface area (TPSA) is 52.6 Å². The number of piperidine rings is 1. The maximum Gasteiger partial charge on any atom is 0.230 e. The summed E-state index contributed by atoms with van der Waals surface area (Å²) >= 11 is 0. The summed E-state index contributed by atoms with van der Waals surface area (Å²) in [6.07, 6.45) is 7.68. The van der Waals surface area contributed by atoms with Gasteiger partial charge in [0.1, 0.15) is 0 Å². The minimum absolute atomic E-state index is 0.203. The van der Waals surface area contributed by atoms with Crippen LogP contribution in [0.15, 0.2) is 30.3 Å². The summed E-state index contributed by atoms with van der Waals surface area (Å²) in [6, 6.07) is 10.3. The molecule has 1 saturated carbocycles. The van der Waals surface area contributed by atoms with Crippen molar-refractivity contribution >= 4 is 5.91 Å². The van der Waals surface area contributed by atoms with Crippen LogP contribution in [0, 0.1) is 5.92 Å². The first-order chi connectivity index (χ1) is 12.2. The van der Waals surface area contributed by atoms with Crippen LogP contribution in [0.5, 0.6) is 0 Å². The molecule has 0 aromatic heterocycles. The number of likely N-dealkylation sites (tertiary alicyclic amines) is 1. The molecule has 3 rings (SSSR count). The molecule has 2 N–H and O–H groups in total. The lowest BCUT2D eigenvalue weighted by molar-refractivity contribution is -0.128. The van der Waals surface area contributed by atoms with Crippen molar-refractivity contribution in [2.75, 3.05) is 32.8 Å². The van der Waals surface area contributed by atoms with Crippen LogP contribution >= 0.6 is 0 Å². The summed E-state index contributed by atoms with van der Waals surface area (Å²) in [5, 5.41) is 12.6. The number of benzene rings is 1. The van der Waals surface area contributed by atoms with Gasteiger partial charge in [0, 0.05) is 26.2 Å². The molecule has 0 unspecified atom stereocenters. The summed E-state index contributed by atoms with van der Waals surface area (Å²) in [5.74, 6) is 0.604. The average Bonchev–Trinajstić information content (AvgIpc) is 2.69. The lowest BCUT2D eigenvalue weighted by Gasteiger charge is -2.37. The van der Waals surface area contributed by atoms with Gasteiger partial charge in [-0.3, -0.25) is 4.79 Å². The van der Waals surface area contributed by atoms with Crippen molar-refractivity contribution in [3.8, 4) is 0 Å². The fraction of sp³-hybridized carbons (Fsp3) is 0.667. The van der Waals surface area contributed by atoms with Crippen LogP contribution < -0.4 is 5.32 Å². The van der Waals surface area contributed by atoms with E-state index in [4.69, 9.17) is 0 Å². The molecule has 1 aromatic rings. The molecule has 1 saturated heterocycles. The van der Waals surface area contributed by atoms with Crippen molar-refractivity contribution < 1.29 is 9.90 Å². The molecule has 138 valence electrons. The average molecular weight is 344 g/mol. The Morgan fingerprint density at radius 2 is 1.92 bits per heavy atom. The molecule has 1 heterocycles. The molecule has 2 fully saturated rings. The van der Waals surface area contributed by atoms with Crippen LogP contribution in [0.2, 0.25) is 0 Å². The zero-order valence-corrected chi connectivity index (χ0v) is 15.3. The van der Waals surface area contributed by atoms with Gasteiger partial charge in [-0.25, -0.2) is 0 Å². The van der Waals surface area contributed by atoms with Crippen molar-refractivity contribution in [3.63, 3.8) is 0 Å². The number of carbonyl (C=O) groups excluding carboxylic acids is 1. The second-order valence-corrected chi connectivity index (χ2v) is 7.76. The van der Waals surface area contributed by atoms with E-state index < -0.39 is 0 Å².